The van der Waals surface area contributed by atoms with E-state index in [9.17, 15) is 13.6 Å². The summed E-state index contributed by atoms with van der Waals surface area (Å²) < 4.78 is 44.7. The second-order valence-corrected chi connectivity index (χ2v) is 5.55. The van der Waals surface area contributed by atoms with Crippen LogP contribution < -0.4 is 24.3 Å². The number of hydrogen-bond acceptors (Lipinski definition) is 5. The van der Waals surface area contributed by atoms with Crippen molar-refractivity contribution < 1.29 is 32.5 Å². The van der Waals surface area contributed by atoms with Crippen molar-refractivity contribution in [3.63, 3.8) is 0 Å². The van der Waals surface area contributed by atoms with E-state index in [0.717, 1.165) is 5.56 Å². The minimum atomic E-state index is -2.99. The van der Waals surface area contributed by atoms with E-state index in [-0.39, 0.29) is 17.1 Å². The Hall–Kier alpha value is -3.03. The lowest BCUT2D eigenvalue weighted by Crippen LogP contribution is -2.27. The molecule has 0 aliphatic heterocycles. The van der Waals surface area contributed by atoms with Crippen LogP contribution >= 0.6 is 0 Å². The first kappa shape index (κ1) is 20.3. The molecular weight excluding hydrogens is 360 g/mol. The summed E-state index contributed by atoms with van der Waals surface area (Å²) in [4.78, 5) is 12.6. The summed E-state index contributed by atoms with van der Waals surface area (Å²) in [7, 11) is 4.38. The summed E-state index contributed by atoms with van der Waals surface area (Å²) in [6, 6.07) is 8.85. The van der Waals surface area contributed by atoms with Gasteiger partial charge in [-0.1, -0.05) is 0 Å². The fourth-order valence-electron chi connectivity index (χ4n) is 2.54. The zero-order chi connectivity index (χ0) is 20.0. The van der Waals surface area contributed by atoms with Gasteiger partial charge in [0.2, 0.25) is 0 Å². The first-order valence-electron chi connectivity index (χ1n) is 8.05. The lowest BCUT2D eigenvalue weighted by Gasteiger charge is -2.19. The highest BCUT2D eigenvalue weighted by Crippen LogP contribution is 2.31. The topological polar surface area (TPSA) is 66.0 Å². The Morgan fingerprint density at radius 1 is 0.926 bits per heavy atom. The first-order valence-corrected chi connectivity index (χ1v) is 8.05. The Morgan fingerprint density at radius 3 is 2.19 bits per heavy atom. The van der Waals surface area contributed by atoms with Gasteiger partial charge in [-0.05, 0) is 43.3 Å². The highest BCUT2D eigenvalue weighted by atomic mass is 19.3. The molecule has 0 heterocycles. The Kier molecular flexibility index (Phi) is 6.81. The Bertz CT molecular complexity index is 798. The molecule has 1 atom stereocenters. The van der Waals surface area contributed by atoms with Crippen LogP contribution in [0, 0.1) is 0 Å². The van der Waals surface area contributed by atoms with Crippen LogP contribution in [0.3, 0.4) is 0 Å². The molecule has 0 bridgehead atoms. The van der Waals surface area contributed by atoms with E-state index in [2.05, 4.69) is 10.1 Å². The fraction of sp³-hybridized carbons (Fsp3) is 0.316. The molecule has 0 aliphatic rings. The summed E-state index contributed by atoms with van der Waals surface area (Å²) in [5.41, 5.74) is 0.969. The average molecular weight is 381 g/mol. The quantitative estimate of drug-likeness (QED) is 0.753. The van der Waals surface area contributed by atoms with Crippen molar-refractivity contribution in [2.24, 2.45) is 0 Å². The second-order valence-electron chi connectivity index (χ2n) is 5.55. The molecule has 0 fully saturated rings. The van der Waals surface area contributed by atoms with Crippen LogP contribution in [-0.2, 0) is 0 Å². The number of hydrogen-bond donors (Lipinski definition) is 1. The Balaban J connectivity index is 2.21. The minimum Gasteiger partial charge on any atom is -0.497 e. The summed E-state index contributed by atoms with van der Waals surface area (Å²) in [6.45, 7) is -1.19. The van der Waals surface area contributed by atoms with Crippen molar-refractivity contribution in [1.82, 2.24) is 5.32 Å². The molecule has 6 nitrogen and oxygen atoms in total. The third-order valence-electron chi connectivity index (χ3n) is 3.89. The van der Waals surface area contributed by atoms with E-state index in [1.165, 1.54) is 32.4 Å². The minimum absolute atomic E-state index is 0.0366. The van der Waals surface area contributed by atoms with Crippen LogP contribution in [0.2, 0.25) is 0 Å². The van der Waals surface area contributed by atoms with Crippen molar-refractivity contribution >= 4 is 5.91 Å². The Labute approximate surface area is 156 Å². The molecule has 2 rings (SSSR count). The van der Waals surface area contributed by atoms with Crippen molar-refractivity contribution in [3.8, 4) is 23.0 Å². The fourth-order valence-corrected chi connectivity index (χ4v) is 2.54. The number of rotatable bonds is 8. The van der Waals surface area contributed by atoms with Crippen LogP contribution in [0.25, 0.3) is 0 Å². The smallest absolute Gasteiger partial charge is 0.387 e. The SMILES string of the molecule is COc1ccc(OC)c([C@H](C)NC(=O)c2ccc(OC(F)F)c(OC)c2)c1. The molecule has 2 aromatic rings. The van der Waals surface area contributed by atoms with E-state index in [1.54, 1.807) is 32.2 Å². The third-order valence-corrected chi connectivity index (χ3v) is 3.89. The molecule has 0 aliphatic carbocycles. The zero-order valence-corrected chi connectivity index (χ0v) is 15.4. The lowest BCUT2D eigenvalue weighted by atomic mass is 10.1. The highest BCUT2D eigenvalue weighted by molar-refractivity contribution is 5.95. The van der Waals surface area contributed by atoms with Gasteiger partial charge in [0.05, 0.1) is 27.4 Å². The van der Waals surface area contributed by atoms with Gasteiger partial charge in [-0.25, -0.2) is 0 Å². The molecule has 0 radical (unpaired) electrons. The zero-order valence-electron chi connectivity index (χ0n) is 15.4. The molecule has 0 saturated carbocycles. The number of methoxy groups -OCH3 is 3. The van der Waals surface area contributed by atoms with Crippen molar-refractivity contribution in [1.29, 1.82) is 0 Å². The normalized spacial score (nSPS) is 11.7. The number of alkyl halides is 2. The Morgan fingerprint density at radius 2 is 1.59 bits per heavy atom. The predicted octanol–water partition coefficient (Wildman–Crippen LogP) is 3.80. The maximum atomic E-state index is 12.6. The molecular formula is C19H21F2NO5. The number of ether oxygens (including phenoxy) is 4. The summed E-state index contributed by atoms with van der Waals surface area (Å²) >= 11 is 0. The van der Waals surface area contributed by atoms with Crippen molar-refractivity contribution in [2.75, 3.05) is 21.3 Å². The molecule has 1 N–H and O–H groups in total. The van der Waals surface area contributed by atoms with Gasteiger partial charge < -0.3 is 24.3 Å². The molecule has 0 saturated heterocycles. The molecule has 0 spiro atoms. The van der Waals surface area contributed by atoms with Crippen LogP contribution in [-0.4, -0.2) is 33.8 Å². The van der Waals surface area contributed by atoms with E-state index in [0.29, 0.717) is 11.5 Å². The van der Waals surface area contributed by atoms with E-state index in [4.69, 9.17) is 14.2 Å². The maximum absolute atomic E-state index is 12.6. The number of nitrogens with one attached hydrogen (secondary N) is 1. The van der Waals surface area contributed by atoms with Gasteiger partial charge >= 0.3 is 6.61 Å². The van der Waals surface area contributed by atoms with Gasteiger partial charge in [-0.2, -0.15) is 8.78 Å². The van der Waals surface area contributed by atoms with Gasteiger partial charge in [-0.3, -0.25) is 4.79 Å². The van der Waals surface area contributed by atoms with Gasteiger partial charge in [0, 0.05) is 11.1 Å². The number of amides is 1. The number of benzene rings is 2. The van der Waals surface area contributed by atoms with E-state index >= 15 is 0 Å². The number of halogens is 2. The molecule has 27 heavy (non-hydrogen) atoms. The molecule has 8 heteroatoms. The molecule has 0 unspecified atom stereocenters. The first-order chi connectivity index (χ1) is 12.9. The second kappa shape index (κ2) is 9.07. The van der Waals surface area contributed by atoms with E-state index in [1.807, 2.05) is 0 Å². The van der Waals surface area contributed by atoms with Crippen molar-refractivity contribution in [3.05, 3.63) is 47.5 Å². The number of carbonyl (C=O) groups excluding carboxylic acids is 1. The molecule has 2 aromatic carbocycles. The number of carbonyl (C=O) groups is 1. The predicted molar refractivity (Wildman–Crippen MR) is 95.1 cm³/mol. The molecule has 0 aromatic heterocycles. The van der Waals surface area contributed by atoms with Gasteiger partial charge in [0.25, 0.3) is 5.91 Å². The van der Waals surface area contributed by atoms with Crippen LogP contribution in [0.1, 0.15) is 28.9 Å². The standard InChI is InChI=1S/C19H21F2NO5/c1-11(14-10-13(24-2)6-8-15(14)25-3)22-18(23)12-5-7-16(27-19(20)21)17(9-12)26-4/h5-11,19H,1-4H3,(H,22,23)/t11-/m0/s1. The van der Waals surface area contributed by atoms with Crippen LogP contribution in [0.4, 0.5) is 8.78 Å². The van der Waals surface area contributed by atoms with E-state index < -0.39 is 18.6 Å². The summed E-state index contributed by atoms with van der Waals surface area (Å²) in [6.07, 6.45) is 0. The lowest BCUT2D eigenvalue weighted by molar-refractivity contribution is -0.0512. The summed E-state index contributed by atoms with van der Waals surface area (Å²) in [5, 5.41) is 2.83. The van der Waals surface area contributed by atoms with Crippen molar-refractivity contribution in [2.45, 2.75) is 19.6 Å². The third kappa shape index (κ3) is 4.99. The molecule has 1 amide bonds. The van der Waals surface area contributed by atoms with Crippen LogP contribution in [0.5, 0.6) is 23.0 Å². The highest BCUT2D eigenvalue weighted by Gasteiger charge is 2.18. The molecule has 146 valence electrons. The van der Waals surface area contributed by atoms with Crippen LogP contribution in [0.15, 0.2) is 36.4 Å². The monoisotopic (exact) mass is 381 g/mol. The van der Waals surface area contributed by atoms with Gasteiger partial charge in [0.1, 0.15) is 11.5 Å². The maximum Gasteiger partial charge on any atom is 0.387 e. The van der Waals surface area contributed by atoms with Gasteiger partial charge in [-0.15, -0.1) is 0 Å². The average Bonchev–Trinajstić information content (AvgIpc) is 2.67. The van der Waals surface area contributed by atoms with Gasteiger partial charge in [0.15, 0.2) is 11.5 Å². The largest absolute Gasteiger partial charge is 0.497 e. The summed E-state index contributed by atoms with van der Waals surface area (Å²) in [5.74, 6) is 0.708.